The molecule has 6 heteroatoms. The number of nitrogens with one attached hydrogen (secondary N) is 2. The number of carbonyl (C=O) groups is 1. The van der Waals surface area contributed by atoms with E-state index < -0.39 is 17.4 Å². The molecular weight excluding hydrogens is 261 g/mol. The highest BCUT2D eigenvalue weighted by atomic mass is 19.1. The van der Waals surface area contributed by atoms with Gasteiger partial charge >= 0.3 is 6.03 Å². The van der Waals surface area contributed by atoms with Gasteiger partial charge in [0.25, 0.3) is 0 Å². The number of urea groups is 1. The van der Waals surface area contributed by atoms with Crippen LogP contribution in [0.5, 0.6) is 0 Å². The summed E-state index contributed by atoms with van der Waals surface area (Å²) in [4.78, 5) is 11.9. The van der Waals surface area contributed by atoms with E-state index in [0.29, 0.717) is 5.69 Å². The van der Waals surface area contributed by atoms with Crippen LogP contribution >= 0.6 is 0 Å². The molecule has 1 atom stereocenters. The molecule has 1 saturated carbocycles. The zero-order valence-electron chi connectivity index (χ0n) is 11.1. The zero-order valence-corrected chi connectivity index (χ0v) is 11.1. The highest BCUT2D eigenvalue weighted by Gasteiger charge is 2.42. The molecule has 0 heterocycles. The fourth-order valence-electron chi connectivity index (χ4n) is 2.10. The van der Waals surface area contributed by atoms with Crippen LogP contribution in [0, 0.1) is 23.1 Å². The van der Waals surface area contributed by atoms with Crippen LogP contribution in [-0.2, 0) is 0 Å². The number of anilines is 1. The molecule has 0 bridgehead atoms. The molecule has 1 aliphatic rings. The first-order valence-corrected chi connectivity index (χ1v) is 6.38. The lowest BCUT2D eigenvalue weighted by Gasteiger charge is -2.28. The summed E-state index contributed by atoms with van der Waals surface area (Å²) in [6.07, 6.45) is 1.96. The largest absolute Gasteiger partial charge is 0.394 e. The molecule has 1 aromatic rings. The maximum absolute atomic E-state index is 13.2. The SMILES string of the molecule is CC(CO)(NC(=O)Nc1ccc(F)c(C#N)c1)C1CC1. The number of benzene rings is 1. The lowest BCUT2D eigenvalue weighted by atomic mass is 9.97. The molecule has 0 radical (unpaired) electrons. The standard InChI is InChI=1S/C14H16FN3O2/c1-14(8-19,10-2-3-10)18-13(20)17-11-4-5-12(15)9(6-11)7-16/h4-6,10,19H,2-3,8H2,1H3,(H2,17,18,20). The van der Waals surface area contributed by atoms with Crippen molar-refractivity contribution in [2.24, 2.45) is 5.92 Å². The van der Waals surface area contributed by atoms with Crippen LogP contribution < -0.4 is 10.6 Å². The number of amides is 2. The number of aliphatic hydroxyl groups excluding tert-OH is 1. The number of hydrogen-bond acceptors (Lipinski definition) is 3. The zero-order chi connectivity index (χ0) is 14.8. The van der Waals surface area contributed by atoms with Gasteiger partial charge in [-0.25, -0.2) is 9.18 Å². The first-order chi connectivity index (χ1) is 9.48. The van der Waals surface area contributed by atoms with E-state index in [-0.39, 0.29) is 18.1 Å². The first kappa shape index (κ1) is 14.3. The molecule has 20 heavy (non-hydrogen) atoms. The van der Waals surface area contributed by atoms with E-state index in [1.807, 2.05) is 0 Å². The normalized spacial score (nSPS) is 16.9. The molecule has 1 aromatic carbocycles. The minimum atomic E-state index is -0.651. The molecule has 1 aliphatic carbocycles. The van der Waals surface area contributed by atoms with Crippen molar-refractivity contribution in [2.75, 3.05) is 11.9 Å². The smallest absolute Gasteiger partial charge is 0.319 e. The Bertz CT molecular complexity index is 566. The van der Waals surface area contributed by atoms with Gasteiger partial charge in [-0.2, -0.15) is 5.26 Å². The quantitative estimate of drug-likeness (QED) is 0.786. The Hall–Kier alpha value is -2.13. The Balaban J connectivity index is 2.03. The third-order valence-corrected chi connectivity index (χ3v) is 3.55. The Morgan fingerprint density at radius 3 is 2.85 bits per heavy atom. The van der Waals surface area contributed by atoms with Crippen molar-refractivity contribution in [2.45, 2.75) is 25.3 Å². The van der Waals surface area contributed by atoms with E-state index in [9.17, 15) is 14.3 Å². The Morgan fingerprint density at radius 1 is 1.60 bits per heavy atom. The minimum absolute atomic E-state index is 0.130. The van der Waals surface area contributed by atoms with Gasteiger partial charge in [-0.15, -0.1) is 0 Å². The van der Waals surface area contributed by atoms with Gasteiger partial charge in [0, 0.05) is 5.69 Å². The molecule has 5 nitrogen and oxygen atoms in total. The fraction of sp³-hybridized carbons (Fsp3) is 0.429. The molecule has 0 aromatic heterocycles. The summed E-state index contributed by atoms with van der Waals surface area (Å²) in [5, 5.41) is 23.4. The van der Waals surface area contributed by atoms with Gasteiger partial charge in [0.2, 0.25) is 0 Å². The topological polar surface area (TPSA) is 85.2 Å². The lowest BCUT2D eigenvalue weighted by molar-refractivity contribution is 0.159. The van der Waals surface area contributed by atoms with Crippen LogP contribution in [0.25, 0.3) is 0 Å². The van der Waals surface area contributed by atoms with Crippen LogP contribution in [-0.4, -0.2) is 23.3 Å². The summed E-state index contributed by atoms with van der Waals surface area (Å²) in [7, 11) is 0. The second kappa shape index (κ2) is 5.47. The fourth-order valence-corrected chi connectivity index (χ4v) is 2.10. The van der Waals surface area contributed by atoms with Gasteiger partial charge < -0.3 is 15.7 Å². The molecule has 0 saturated heterocycles. The van der Waals surface area contributed by atoms with Crippen molar-refractivity contribution < 1.29 is 14.3 Å². The molecule has 2 rings (SSSR count). The Kier molecular flexibility index (Phi) is 3.91. The summed E-state index contributed by atoms with van der Waals surface area (Å²) in [6, 6.07) is 5.00. The Morgan fingerprint density at radius 2 is 2.30 bits per heavy atom. The van der Waals surface area contributed by atoms with Crippen LogP contribution in [0.4, 0.5) is 14.9 Å². The lowest BCUT2D eigenvalue weighted by Crippen LogP contribution is -2.52. The molecule has 2 amide bonds. The number of nitriles is 1. The summed E-state index contributed by atoms with van der Waals surface area (Å²) in [5.41, 5.74) is -0.450. The second-order valence-corrected chi connectivity index (χ2v) is 5.24. The Labute approximate surface area is 116 Å². The van der Waals surface area contributed by atoms with Crippen molar-refractivity contribution in [3.05, 3.63) is 29.6 Å². The van der Waals surface area contributed by atoms with Gasteiger partial charge in [-0.1, -0.05) is 0 Å². The van der Waals surface area contributed by atoms with Crippen LogP contribution in [0.15, 0.2) is 18.2 Å². The minimum Gasteiger partial charge on any atom is -0.394 e. The third-order valence-electron chi connectivity index (χ3n) is 3.55. The van der Waals surface area contributed by atoms with E-state index in [1.54, 1.807) is 13.0 Å². The summed E-state index contributed by atoms with van der Waals surface area (Å²) < 4.78 is 13.2. The molecule has 106 valence electrons. The van der Waals surface area contributed by atoms with Gasteiger partial charge in [-0.3, -0.25) is 0 Å². The van der Waals surface area contributed by atoms with E-state index in [2.05, 4.69) is 10.6 Å². The van der Waals surface area contributed by atoms with E-state index in [4.69, 9.17) is 5.26 Å². The van der Waals surface area contributed by atoms with Crippen LogP contribution in [0.3, 0.4) is 0 Å². The first-order valence-electron chi connectivity index (χ1n) is 6.38. The van der Waals surface area contributed by atoms with Gasteiger partial charge in [-0.05, 0) is 43.9 Å². The molecule has 3 N–H and O–H groups in total. The van der Waals surface area contributed by atoms with E-state index in [0.717, 1.165) is 18.9 Å². The number of hydrogen-bond donors (Lipinski definition) is 3. The molecular formula is C14H16FN3O2. The van der Waals surface area contributed by atoms with Crippen LogP contribution in [0.2, 0.25) is 0 Å². The van der Waals surface area contributed by atoms with Crippen molar-refractivity contribution in [1.82, 2.24) is 5.32 Å². The average molecular weight is 277 g/mol. The number of carbonyl (C=O) groups excluding carboxylic acids is 1. The predicted molar refractivity (Wildman–Crippen MR) is 71.5 cm³/mol. The predicted octanol–water partition coefficient (Wildman–Crippen LogP) is 1.98. The molecule has 1 unspecified atom stereocenters. The van der Waals surface area contributed by atoms with Gasteiger partial charge in [0.05, 0.1) is 17.7 Å². The van der Waals surface area contributed by atoms with Gasteiger partial charge in [0.1, 0.15) is 11.9 Å². The number of aliphatic hydroxyl groups is 1. The summed E-state index contributed by atoms with van der Waals surface area (Å²) in [5.74, 6) is -0.349. The third kappa shape index (κ3) is 3.06. The van der Waals surface area contributed by atoms with E-state index >= 15 is 0 Å². The number of halogens is 1. The van der Waals surface area contributed by atoms with Crippen molar-refractivity contribution in [3.63, 3.8) is 0 Å². The highest BCUT2D eigenvalue weighted by Crippen LogP contribution is 2.39. The van der Waals surface area contributed by atoms with Crippen molar-refractivity contribution in [3.8, 4) is 6.07 Å². The van der Waals surface area contributed by atoms with Crippen molar-refractivity contribution in [1.29, 1.82) is 5.26 Å². The van der Waals surface area contributed by atoms with E-state index in [1.165, 1.54) is 12.1 Å². The number of rotatable bonds is 4. The summed E-state index contributed by atoms with van der Waals surface area (Å²) >= 11 is 0. The molecule has 1 fully saturated rings. The second-order valence-electron chi connectivity index (χ2n) is 5.24. The average Bonchev–Trinajstić information content (AvgIpc) is 3.25. The maximum atomic E-state index is 13.2. The molecule has 0 aliphatic heterocycles. The van der Waals surface area contributed by atoms with Crippen molar-refractivity contribution >= 4 is 11.7 Å². The monoisotopic (exact) mass is 277 g/mol. The van der Waals surface area contributed by atoms with Crippen LogP contribution in [0.1, 0.15) is 25.3 Å². The maximum Gasteiger partial charge on any atom is 0.319 e. The number of nitrogens with zero attached hydrogens (tertiary/aromatic N) is 1. The summed E-state index contributed by atoms with van der Waals surface area (Å²) in [6.45, 7) is 1.65. The molecule has 0 spiro atoms. The highest BCUT2D eigenvalue weighted by molar-refractivity contribution is 5.90. The van der Waals surface area contributed by atoms with Gasteiger partial charge in [0.15, 0.2) is 0 Å².